The summed E-state index contributed by atoms with van der Waals surface area (Å²) in [6.45, 7) is 1.95. The van der Waals surface area contributed by atoms with Crippen molar-refractivity contribution in [1.82, 2.24) is 14.4 Å². The van der Waals surface area contributed by atoms with Crippen LogP contribution >= 0.6 is 11.8 Å². The van der Waals surface area contributed by atoms with Crippen molar-refractivity contribution in [2.24, 2.45) is 0 Å². The molecule has 2 heterocycles. The fourth-order valence-electron chi connectivity index (χ4n) is 2.31. The Balaban J connectivity index is 1.69. The number of ether oxygens (including phenoxy) is 1. The molecule has 8 nitrogen and oxygen atoms in total. The normalized spacial score (nSPS) is 10.6. The number of benzene rings is 1. The van der Waals surface area contributed by atoms with E-state index in [1.807, 2.05) is 0 Å². The Bertz CT molecular complexity index is 1050. The number of carbonyl (C=O) groups is 2. The van der Waals surface area contributed by atoms with E-state index in [1.165, 1.54) is 4.40 Å². The van der Waals surface area contributed by atoms with E-state index in [9.17, 15) is 14.4 Å². The van der Waals surface area contributed by atoms with Gasteiger partial charge in [-0.3, -0.25) is 9.20 Å². The Morgan fingerprint density at radius 2 is 1.93 bits per heavy atom. The lowest BCUT2D eigenvalue weighted by molar-refractivity contribution is -0.113. The molecule has 0 radical (unpaired) electrons. The first kappa shape index (κ1) is 18.6. The third kappa shape index (κ3) is 4.50. The summed E-state index contributed by atoms with van der Waals surface area (Å²) in [5.74, 6) is -0.875. The smallest absolute Gasteiger partial charge is 0.355 e. The molecular weight excluding hydrogens is 368 g/mol. The van der Waals surface area contributed by atoms with Crippen LogP contribution in [0.5, 0.6) is 0 Å². The molecule has 0 spiro atoms. The minimum absolute atomic E-state index is 0.0143. The molecule has 3 aromatic rings. The number of aromatic nitrogens is 3. The predicted octanol–water partition coefficient (Wildman–Crippen LogP) is 2.00. The summed E-state index contributed by atoms with van der Waals surface area (Å²) in [6.07, 6.45) is 1.57. The summed E-state index contributed by atoms with van der Waals surface area (Å²) in [5, 5.41) is 2.88. The SMILES string of the molecule is CCOC(=O)c1ccccc1NC(=O)CSc1nc(=O)n2ccccc2n1. The maximum absolute atomic E-state index is 12.2. The number of nitrogens with zero attached hydrogens (tertiary/aromatic N) is 3. The number of amides is 1. The van der Waals surface area contributed by atoms with E-state index in [4.69, 9.17) is 4.74 Å². The Morgan fingerprint density at radius 3 is 2.74 bits per heavy atom. The number of esters is 1. The van der Waals surface area contributed by atoms with Gasteiger partial charge in [0.05, 0.1) is 23.6 Å². The van der Waals surface area contributed by atoms with Gasteiger partial charge in [-0.25, -0.2) is 14.6 Å². The van der Waals surface area contributed by atoms with Crippen LogP contribution in [-0.2, 0) is 9.53 Å². The zero-order valence-corrected chi connectivity index (χ0v) is 15.2. The van der Waals surface area contributed by atoms with Gasteiger partial charge >= 0.3 is 11.7 Å². The van der Waals surface area contributed by atoms with Crippen molar-refractivity contribution >= 4 is 35.0 Å². The van der Waals surface area contributed by atoms with Crippen LogP contribution in [0.4, 0.5) is 5.69 Å². The van der Waals surface area contributed by atoms with E-state index >= 15 is 0 Å². The minimum atomic E-state index is -0.507. The highest BCUT2D eigenvalue weighted by molar-refractivity contribution is 7.99. The molecule has 0 unspecified atom stereocenters. The molecule has 1 aromatic carbocycles. The first-order valence-electron chi connectivity index (χ1n) is 8.12. The number of carbonyl (C=O) groups excluding carboxylic acids is 2. The Morgan fingerprint density at radius 1 is 1.15 bits per heavy atom. The maximum Gasteiger partial charge on any atom is 0.355 e. The number of rotatable bonds is 6. The van der Waals surface area contributed by atoms with E-state index < -0.39 is 11.7 Å². The molecule has 1 N–H and O–H groups in total. The van der Waals surface area contributed by atoms with E-state index in [1.54, 1.807) is 55.6 Å². The summed E-state index contributed by atoms with van der Waals surface area (Å²) in [7, 11) is 0. The molecule has 0 aliphatic carbocycles. The van der Waals surface area contributed by atoms with Crippen molar-refractivity contribution in [3.8, 4) is 0 Å². The van der Waals surface area contributed by atoms with Crippen molar-refractivity contribution in [2.45, 2.75) is 12.1 Å². The predicted molar refractivity (Wildman–Crippen MR) is 101 cm³/mol. The van der Waals surface area contributed by atoms with Gasteiger partial charge in [-0.05, 0) is 31.2 Å². The number of nitrogens with one attached hydrogen (secondary N) is 1. The average molecular weight is 384 g/mol. The molecule has 0 saturated carbocycles. The summed E-state index contributed by atoms with van der Waals surface area (Å²) < 4.78 is 6.30. The lowest BCUT2D eigenvalue weighted by Crippen LogP contribution is -2.20. The van der Waals surface area contributed by atoms with Crippen LogP contribution in [-0.4, -0.2) is 38.6 Å². The fourth-order valence-corrected chi connectivity index (χ4v) is 2.94. The van der Waals surface area contributed by atoms with Crippen LogP contribution in [0.1, 0.15) is 17.3 Å². The number of thioether (sulfide) groups is 1. The number of pyridine rings is 1. The van der Waals surface area contributed by atoms with Crippen molar-refractivity contribution < 1.29 is 14.3 Å². The van der Waals surface area contributed by atoms with Gasteiger partial charge in [0.25, 0.3) is 0 Å². The van der Waals surface area contributed by atoms with E-state index in [0.717, 1.165) is 11.8 Å². The zero-order valence-electron chi connectivity index (χ0n) is 14.4. The molecule has 0 aliphatic heterocycles. The third-order valence-corrected chi connectivity index (χ3v) is 4.32. The number of para-hydroxylation sites is 1. The molecule has 0 bridgehead atoms. The van der Waals surface area contributed by atoms with Crippen LogP contribution in [0.3, 0.4) is 0 Å². The van der Waals surface area contributed by atoms with Crippen LogP contribution < -0.4 is 11.0 Å². The van der Waals surface area contributed by atoms with Crippen LogP contribution in [0.2, 0.25) is 0 Å². The van der Waals surface area contributed by atoms with Crippen LogP contribution in [0, 0.1) is 0 Å². The molecule has 0 fully saturated rings. The van der Waals surface area contributed by atoms with Crippen LogP contribution in [0.15, 0.2) is 58.6 Å². The number of hydrogen-bond acceptors (Lipinski definition) is 7. The average Bonchev–Trinajstić information content (AvgIpc) is 2.67. The largest absolute Gasteiger partial charge is 0.462 e. The van der Waals surface area contributed by atoms with Crippen LogP contribution in [0.25, 0.3) is 5.65 Å². The number of hydrogen-bond donors (Lipinski definition) is 1. The Hall–Kier alpha value is -3.20. The van der Waals surface area contributed by atoms with Gasteiger partial charge in [-0.2, -0.15) is 4.98 Å². The number of fused-ring (bicyclic) bond motifs is 1. The standard InChI is InChI=1S/C18H16N4O4S/c1-2-26-16(24)12-7-3-4-8-13(12)19-15(23)11-27-17-20-14-9-5-6-10-22(14)18(25)21-17/h3-10H,2,11H2,1H3,(H,19,23). The zero-order chi connectivity index (χ0) is 19.2. The van der Waals surface area contributed by atoms with Crippen molar-refractivity contribution in [2.75, 3.05) is 17.7 Å². The minimum Gasteiger partial charge on any atom is -0.462 e. The molecule has 0 atom stereocenters. The van der Waals surface area contributed by atoms with Gasteiger partial charge in [0.2, 0.25) is 5.91 Å². The first-order valence-corrected chi connectivity index (χ1v) is 9.11. The van der Waals surface area contributed by atoms with E-state index in [2.05, 4.69) is 15.3 Å². The van der Waals surface area contributed by atoms with E-state index in [0.29, 0.717) is 11.3 Å². The Kier molecular flexibility index (Phi) is 5.82. The first-order chi connectivity index (χ1) is 13.1. The summed E-state index contributed by atoms with van der Waals surface area (Å²) in [5.41, 5.74) is 0.628. The topological polar surface area (TPSA) is 103 Å². The molecule has 1 amide bonds. The highest BCUT2D eigenvalue weighted by atomic mass is 32.2. The molecule has 9 heteroatoms. The van der Waals surface area contributed by atoms with Gasteiger partial charge in [0.15, 0.2) is 5.16 Å². The van der Waals surface area contributed by atoms with Gasteiger partial charge < -0.3 is 10.1 Å². The summed E-state index contributed by atoms with van der Waals surface area (Å²) in [6, 6.07) is 11.7. The highest BCUT2D eigenvalue weighted by Crippen LogP contribution is 2.18. The quantitative estimate of drug-likeness (QED) is 0.512. The van der Waals surface area contributed by atoms with Gasteiger partial charge in [0, 0.05) is 6.20 Å². The molecule has 0 saturated heterocycles. The van der Waals surface area contributed by atoms with Crippen molar-refractivity contribution in [3.63, 3.8) is 0 Å². The molecule has 138 valence electrons. The molecule has 3 rings (SSSR count). The summed E-state index contributed by atoms with van der Waals surface area (Å²) in [4.78, 5) is 44.3. The van der Waals surface area contributed by atoms with Crippen molar-refractivity contribution in [3.05, 3.63) is 64.7 Å². The second-order valence-corrected chi connectivity index (χ2v) is 6.26. The summed E-state index contributed by atoms with van der Waals surface area (Å²) >= 11 is 1.04. The lowest BCUT2D eigenvalue weighted by Gasteiger charge is -2.10. The molecule has 27 heavy (non-hydrogen) atoms. The Labute approximate surface area is 158 Å². The van der Waals surface area contributed by atoms with E-state index in [-0.39, 0.29) is 29.0 Å². The second kappa shape index (κ2) is 8.45. The monoisotopic (exact) mass is 384 g/mol. The third-order valence-electron chi connectivity index (χ3n) is 3.47. The van der Waals surface area contributed by atoms with Gasteiger partial charge in [0.1, 0.15) is 5.65 Å². The molecular formula is C18H16N4O4S. The second-order valence-electron chi connectivity index (χ2n) is 5.32. The molecule has 0 aliphatic rings. The number of anilines is 1. The van der Waals surface area contributed by atoms with Crippen molar-refractivity contribution in [1.29, 1.82) is 0 Å². The fraction of sp³-hybridized carbons (Fsp3) is 0.167. The maximum atomic E-state index is 12.2. The lowest BCUT2D eigenvalue weighted by atomic mass is 10.2. The van der Waals surface area contributed by atoms with Gasteiger partial charge in [-0.15, -0.1) is 0 Å². The highest BCUT2D eigenvalue weighted by Gasteiger charge is 2.14. The van der Waals surface area contributed by atoms with Gasteiger partial charge in [-0.1, -0.05) is 30.0 Å². The molecule has 2 aromatic heterocycles.